The maximum absolute atomic E-state index is 11.7. The van der Waals surface area contributed by atoms with Gasteiger partial charge in [0.2, 0.25) is 5.91 Å². The number of carboxylic acid groups (broad SMARTS) is 1. The highest BCUT2D eigenvalue weighted by atomic mass is 16.5. The van der Waals surface area contributed by atoms with Gasteiger partial charge in [0, 0.05) is 13.8 Å². The Morgan fingerprint density at radius 2 is 1.75 bits per heavy atom. The van der Waals surface area contributed by atoms with Crippen molar-refractivity contribution in [3.63, 3.8) is 0 Å². The van der Waals surface area contributed by atoms with Gasteiger partial charge in [-0.1, -0.05) is 0 Å². The fraction of sp³-hybridized carbons (Fsp3) is 0.636. The summed E-state index contributed by atoms with van der Waals surface area (Å²) in [4.78, 5) is 43.9. The van der Waals surface area contributed by atoms with Crippen LogP contribution in [0, 0.1) is 0 Å². The second kappa shape index (κ2) is 8.10. The van der Waals surface area contributed by atoms with Crippen LogP contribution >= 0.6 is 0 Å². The number of nitrogens with two attached hydrogens (primary N) is 1. The number of aliphatic carboxylic acids is 1. The van der Waals surface area contributed by atoms with Crippen LogP contribution < -0.4 is 11.1 Å². The van der Waals surface area contributed by atoms with E-state index in [2.05, 4.69) is 10.1 Å². The zero-order valence-corrected chi connectivity index (χ0v) is 11.4. The summed E-state index contributed by atoms with van der Waals surface area (Å²) in [5.41, 5.74) is 5.52. The Labute approximate surface area is 115 Å². The number of hydrogen-bond acceptors (Lipinski definition) is 7. The number of hydrogen-bond donors (Lipinski definition) is 3. The lowest BCUT2D eigenvalue weighted by Gasteiger charge is -2.21. The summed E-state index contributed by atoms with van der Waals surface area (Å²) in [5, 5.41) is 11.0. The van der Waals surface area contributed by atoms with Crippen LogP contribution in [0.1, 0.15) is 20.8 Å². The molecule has 9 heteroatoms. The Hall–Kier alpha value is -2.16. The highest BCUT2D eigenvalue weighted by Gasteiger charge is 2.28. The number of carboxylic acids is 1. The summed E-state index contributed by atoms with van der Waals surface area (Å²) >= 11 is 0. The Bertz CT molecular complexity index is 396. The van der Waals surface area contributed by atoms with Gasteiger partial charge in [-0.3, -0.25) is 14.4 Å². The monoisotopic (exact) mass is 290 g/mol. The highest BCUT2D eigenvalue weighted by Crippen LogP contribution is 1.99. The molecule has 9 nitrogen and oxygen atoms in total. The van der Waals surface area contributed by atoms with E-state index in [1.165, 1.54) is 6.92 Å². The third-order valence-electron chi connectivity index (χ3n) is 2.23. The molecule has 0 aliphatic heterocycles. The second-order valence-electron chi connectivity index (χ2n) is 4.04. The molecular formula is C11H18N2O7. The van der Waals surface area contributed by atoms with E-state index in [4.69, 9.17) is 15.6 Å². The lowest BCUT2D eigenvalue weighted by molar-refractivity contribution is -0.152. The molecule has 1 amide bonds. The van der Waals surface area contributed by atoms with E-state index in [-0.39, 0.29) is 0 Å². The number of amides is 1. The normalized spacial score (nSPS) is 14.6. The highest BCUT2D eigenvalue weighted by molar-refractivity contribution is 5.87. The minimum Gasteiger partial charge on any atom is -0.480 e. The summed E-state index contributed by atoms with van der Waals surface area (Å²) in [6.45, 7) is 3.13. The Morgan fingerprint density at radius 1 is 1.20 bits per heavy atom. The van der Waals surface area contributed by atoms with E-state index in [1.807, 2.05) is 0 Å². The predicted molar refractivity (Wildman–Crippen MR) is 65.4 cm³/mol. The lowest BCUT2D eigenvalue weighted by Crippen LogP contribution is -2.54. The SMILES string of the molecule is CC(=O)OC[C@H](NC(=O)[C@@H](N)[C@@H](C)OC(C)=O)C(=O)O. The van der Waals surface area contributed by atoms with Crippen molar-refractivity contribution in [1.29, 1.82) is 0 Å². The fourth-order valence-electron chi connectivity index (χ4n) is 1.19. The molecule has 0 spiro atoms. The third-order valence-corrected chi connectivity index (χ3v) is 2.23. The topological polar surface area (TPSA) is 145 Å². The smallest absolute Gasteiger partial charge is 0.329 e. The molecule has 0 aliphatic carbocycles. The number of esters is 2. The number of carbonyl (C=O) groups excluding carboxylic acids is 3. The molecule has 20 heavy (non-hydrogen) atoms. The molecule has 0 rings (SSSR count). The predicted octanol–water partition coefficient (Wildman–Crippen LogP) is -1.60. The first kappa shape index (κ1) is 17.8. The maximum Gasteiger partial charge on any atom is 0.329 e. The third kappa shape index (κ3) is 6.69. The zero-order valence-electron chi connectivity index (χ0n) is 11.4. The van der Waals surface area contributed by atoms with Crippen LogP contribution in [0.25, 0.3) is 0 Å². The number of carbonyl (C=O) groups is 4. The number of ether oxygens (including phenoxy) is 2. The Morgan fingerprint density at radius 3 is 2.15 bits per heavy atom. The van der Waals surface area contributed by atoms with Gasteiger partial charge in [0.15, 0.2) is 6.04 Å². The van der Waals surface area contributed by atoms with Gasteiger partial charge in [0.1, 0.15) is 18.8 Å². The number of nitrogens with one attached hydrogen (secondary N) is 1. The van der Waals surface area contributed by atoms with Crippen LogP contribution in [0.15, 0.2) is 0 Å². The first-order chi connectivity index (χ1) is 9.15. The summed E-state index contributed by atoms with van der Waals surface area (Å²) in [6, 6.07) is -2.67. The molecule has 0 unspecified atom stereocenters. The molecule has 3 atom stereocenters. The van der Waals surface area contributed by atoms with Gasteiger partial charge in [-0.05, 0) is 6.92 Å². The van der Waals surface area contributed by atoms with Crippen LogP contribution in [0.3, 0.4) is 0 Å². The van der Waals surface area contributed by atoms with E-state index in [0.29, 0.717) is 0 Å². The largest absolute Gasteiger partial charge is 0.480 e. The van der Waals surface area contributed by atoms with Crippen molar-refractivity contribution in [2.24, 2.45) is 5.73 Å². The molecule has 0 radical (unpaired) electrons. The molecule has 0 aliphatic rings. The molecule has 0 fully saturated rings. The van der Waals surface area contributed by atoms with Crippen LogP contribution in [0.2, 0.25) is 0 Å². The summed E-state index contributed by atoms with van der Waals surface area (Å²) in [7, 11) is 0. The molecular weight excluding hydrogens is 272 g/mol. The van der Waals surface area contributed by atoms with Crippen molar-refractivity contribution in [1.82, 2.24) is 5.32 Å². The van der Waals surface area contributed by atoms with E-state index < -0.39 is 48.6 Å². The molecule has 0 aromatic carbocycles. The minimum atomic E-state index is -1.43. The number of rotatable bonds is 7. The summed E-state index contributed by atoms with van der Waals surface area (Å²) in [6.07, 6.45) is -0.921. The van der Waals surface area contributed by atoms with Crippen LogP contribution in [-0.4, -0.2) is 53.7 Å². The van der Waals surface area contributed by atoms with Gasteiger partial charge in [-0.2, -0.15) is 0 Å². The molecule has 114 valence electrons. The van der Waals surface area contributed by atoms with Crippen molar-refractivity contribution in [2.45, 2.75) is 39.0 Å². The van der Waals surface area contributed by atoms with Crippen molar-refractivity contribution in [3.8, 4) is 0 Å². The lowest BCUT2D eigenvalue weighted by atomic mass is 10.1. The van der Waals surface area contributed by atoms with Crippen molar-refractivity contribution in [2.75, 3.05) is 6.61 Å². The van der Waals surface area contributed by atoms with Crippen LogP contribution in [-0.2, 0) is 28.7 Å². The van der Waals surface area contributed by atoms with E-state index in [0.717, 1.165) is 13.8 Å². The van der Waals surface area contributed by atoms with Crippen molar-refractivity contribution in [3.05, 3.63) is 0 Å². The first-order valence-corrected chi connectivity index (χ1v) is 5.74. The minimum absolute atomic E-state index is 0.523. The van der Waals surface area contributed by atoms with E-state index >= 15 is 0 Å². The first-order valence-electron chi connectivity index (χ1n) is 5.74. The van der Waals surface area contributed by atoms with E-state index in [1.54, 1.807) is 0 Å². The van der Waals surface area contributed by atoms with Crippen LogP contribution in [0.5, 0.6) is 0 Å². The van der Waals surface area contributed by atoms with Crippen molar-refractivity contribution >= 4 is 23.8 Å². The van der Waals surface area contributed by atoms with Gasteiger partial charge in [-0.15, -0.1) is 0 Å². The quantitative estimate of drug-likeness (QED) is 0.475. The van der Waals surface area contributed by atoms with Gasteiger partial charge >= 0.3 is 17.9 Å². The Kier molecular flexibility index (Phi) is 7.22. The fourth-order valence-corrected chi connectivity index (χ4v) is 1.19. The molecule has 0 heterocycles. The maximum atomic E-state index is 11.7. The zero-order chi connectivity index (χ0) is 15.9. The van der Waals surface area contributed by atoms with Crippen molar-refractivity contribution < 1.29 is 33.8 Å². The van der Waals surface area contributed by atoms with Gasteiger partial charge < -0.3 is 25.6 Å². The average molecular weight is 290 g/mol. The Balaban J connectivity index is 4.54. The molecule has 0 aromatic heterocycles. The van der Waals surface area contributed by atoms with Gasteiger partial charge in [-0.25, -0.2) is 4.79 Å². The standard InChI is InChI=1S/C11H18N2O7/c1-5(20-7(3)15)9(12)10(16)13-8(11(17)18)4-19-6(2)14/h5,8-9H,4,12H2,1-3H3,(H,13,16)(H,17,18)/t5-,8+,9+/m1/s1. The molecule has 0 saturated heterocycles. The van der Waals surface area contributed by atoms with Crippen LogP contribution in [0.4, 0.5) is 0 Å². The summed E-state index contributed by atoms with van der Waals surface area (Å²) < 4.78 is 9.23. The molecule has 4 N–H and O–H groups in total. The average Bonchev–Trinajstić information content (AvgIpc) is 2.31. The molecule has 0 saturated carbocycles. The van der Waals surface area contributed by atoms with E-state index in [9.17, 15) is 19.2 Å². The molecule has 0 bridgehead atoms. The van der Waals surface area contributed by atoms with Gasteiger partial charge in [0.25, 0.3) is 0 Å². The molecule has 0 aromatic rings. The second-order valence-corrected chi connectivity index (χ2v) is 4.04. The van der Waals surface area contributed by atoms with Gasteiger partial charge in [0.05, 0.1) is 0 Å². The summed E-state index contributed by atoms with van der Waals surface area (Å²) in [5.74, 6) is -3.51.